The van der Waals surface area contributed by atoms with Crippen LogP contribution in [-0.2, 0) is 0 Å². The van der Waals surface area contributed by atoms with Crippen molar-refractivity contribution in [1.29, 1.82) is 0 Å². The molecule has 136 valence electrons. The number of hydrogen-bond donors (Lipinski definition) is 1. The van der Waals surface area contributed by atoms with Crippen molar-refractivity contribution in [3.05, 3.63) is 59.4 Å². The second kappa shape index (κ2) is 7.59. The smallest absolute Gasteiger partial charge is 0.274 e. The van der Waals surface area contributed by atoms with Crippen LogP contribution in [0.3, 0.4) is 0 Å². The van der Waals surface area contributed by atoms with Crippen molar-refractivity contribution in [2.24, 2.45) is 5.92 Å². The van der Waals surface area contributed by atoms with Crippen molar-refractivity contribution in [2.75, 3.05) is 18.4 Å². The molecule has 1 aromatic carbocycles. The maximum Gasteiger partial charge on any atom is 0.274 e. The molecule has 1 N–H and O–H groups in total. The van der Waals surface area contributed by atoms with E-state index >= 15 is 0 Å². The molecule has 0 atom stereocenters. The number of rotatable bonds is 3. The van der Waals surface area contributed by atoms with E-state index in [1.54, 1.807) is 4.90 Å². The van der Waals surface area contributed by atoms with E-state index in [0.717, 1.165) is 25.0 Å². The number of pyridine rings is 1. The second-order valence-electron chi connectivity index (χ2n) is 6.46. The highest BCUT2D eigenvalue weighted by molar-refractivity contribution is 6.04. The highest BCUT2D eigenvalue weighted by Gasteiger charge is 2.22. The van der Waals surface area contributed by atoms with Gasteiger partial charge in [-0.25, -0.2) is 8.78 Å². The van der Waals surface area contributed by atoms with Crippen molar-refractivity contribution in [2.45, 2.75) is 19.8 Å². The number of piperidine rings is 1. The van der Waals surface area contributed by atoms with Crippen molar-refractivity contribution in [1.82, 2.24) is 9.88 Å². The summed E-state index contributed by atoms with van der Waals surface area (Å²) in [6.45, 7) is 3.49. The van der Waals surface area contributed by atoms with E-state index in [1.165, 1.54) is 24.4 Å². The Morgan fingerprint density at radius 2 is 1.81 bits per heavy atom. The fourth-order valence-electron chi connectivity index (χ4n) is 2.88. The molecule has 3 rings (SSSR count). The van der Waals surface area contributed by atoms with Gasteiger partial charge in [0, 0.05) is 24.8 Å². The van der Waals surface area contributed by atoms with E-state index in [-0.39, 0.29) is 11.6 Å². The third-order valence-electron chi connectivity index (χ3n) is 4.51. The molecule has 1 aromatic heterocycles. The lowest BCUT2D eigenvalue weighted by atomic mass is 9.98. The van der Waals surface area contributed by atoms with Crippen LogP contribution in [0.1, 0.15) is 40.6 Å². The Hall–Kier alpha value is -2.83. The molecule has 0 radical (unpaired) electrons. The lowest BCUT2D eigenvalue weighted by Crippen LogP contribution is -2.38. The number of aromatic nitrogens is 1. The highest BCUT2D eigenvalue weighted by atomic mass is 19.1. The van der Waals surface area contributed by atoms with Crippen LogP contribution in [0.5, 0.6) is 0 Å². The van der Waals surface area contributed by atoms with Gasteiger partial charge in [0.25, 0.3) is 11.8 Å². The van der Waals surface area contributed by atoms with E-state index in [4.69, 9.17) is 0 Å². The number of likely N-dealkylation sites (tertiary alicyclic amines) is 1. The summed E-state index contributed by atoms with van der Waals surface area (Å²) in [5.74, 6) is -2.13. The van der Waals surface area contributed by atoms with Gasteiger partial charge in [-0.05, 0) is 43.0 Å². The third kappa shape index (κ3) is 3.87. The zero-order valence-corrected chi connectivity index (χ0v) is 14.3. The molecule has 7 heteroatoms. The van der Waals surface area contributed by atoms with Crippen LogP contribution >= 0.6 is 0 Å². The topological polar surface area (TPSA) is 62.3 Å². The number of para-hydroxylation sites is 1. The van der Waals surface area contributed by atoms with E-state index in [9.17, 15) is 18.4 Å². The SMILES string of the molecule is CC1CCN(C(=O)c2ccnc(C(=O)Nc3c(F)cccc3F)c2)CC1. The fraction of sp³-hybridized carbons (Fsp3) is 0.316. The van der Waals surface area contributed by atoms with Gasteiger partial charge in [0.15, 0.2) is 0 Å². The zero-order valence-electron chi connectivity index (χ0n) is 14.3. The molecular weight excluding hydrogens is 340 g/mol. The Morgan fingerprint density at radius 3 is 2.46 bits per heavy atom. The summed E-state index contributed by atoms with van der Waals surface area (Å²) in [7, 11) is 0. The number of amides is 2. The lowest BCUT2D eigenvalue weighted by molar-refractivity contribution is 0.0697. The van der Waals surface area contributed by atoms with Crippen molar-refractivity contribution in [3.8, 4) is 0 Å². The summed E-state index contributed by atoms with van der Waals surface area (Å²) in [6, 6.07) is 6.17. The number of nitrogens with one attached hydrogen (secondary N) is 1. The first-order chi connectivity index (χ1) is 12.5. The molecule has 2 heterocycles. The summed E-state index contributed by atoms with van der Waals surface area (Å²) in [5, 5.41) is 2.17. The molecule has 5 nitrogen and oxygen atoms in total. The monoisotopic (exact) mass is 359 g/mol. The van der Waals surface area contributed by atoms with Gasteiger partial charge >= 0.3 is 0 Å². The quantitative estimate of drug-likeness (QED) is 0.913. The standard InChI is InChI=1S/C19H19F2N3O2/c1-12-6-9-24(10-7-12)19(26)13-5-8-22-16(11-13)18(25)23-17-14(20)3-2-4-15(17)21/h2-5,8,11-12H,6-7,9-10H2,1H3,(H,23,25). The maximum atomic E-state index is 13.7. The molecule has 0 aliphatic carbocycles. The predicted octanol–water partition coefficient (Wildman–Crippen LogP) is 3.48. The van der Waals surface area contributed by atoms with E-state index < -0.39 is 23.2 Å². The van der Waals surface area contributed by atoms with Crippen molar-refractivity contribution in [3.63, 3.8) is 0 Å². The number of halogens is 2. The van der Waals surface area contributed by atoms with Crippen LogP contribution in [0.4, 0.5) is 14.5 Å². The normalized spacial score (nSPS) is 15.0. The average molecular weight is 359 g/mol. The number of anilines is 1. The van der Waals surface area contributed by atoms with E-state index in [0.29, 0.717) is 24.6 Å². The van der Waals surface area contributed by atoms with Crippen LogP contribution in [0, 0.1) is 17.6 Å². The predicted molar refractivity (Wildman–Crippen MR) is 92.8 cm³/mol. The van der Waals surface area contributed by atoms with Gasteiger partial charge in [-0.15, -0.1) is 0 Å². The van der Waals surface area contributed by atoms with Crippen molar-refractivity contribution < 1.29 is 18.4 Å². The summed E-state index contributed by atoms with van der Waals surface area (Å²) in [5.41, 5.74) is -0.293. The minimum Gasteiger partial charge on any atom is -0.339 e. The molecule has 1 saturated heterocycles. The van der Waals surface area contributed by atoms with Gasteiger partial charge in [0.1, 0.15) is 23.0 Å². The molecule has 2 amide bonds. The molecule has 26 heavy (non-hydrogen) atoms. The number of benzene rings is 1. The van der Waals surface area contributed by atoms with Crippen LogP contribution < -0.4 is 5.32 Å². The summed E-state index contributed by atoms with van der Waals surface area (Å²) in [6.07, 6.45) is 3.22. The first kappa shape index (κ1) is 18.0. The van der Waals surface area contributed by atoms with Crippen LogP contribution in [0.25, 0.3) is 0 Å². The first-order valence-electron chi connectivity index (χ1n) is 8.46. The summed E-state index contributed by atoms with van der Waals surface area (Å²) in [4.78, 5) is 30.5. The Labute approximate surface area is 150 Å². The first-order valence-corrected chi connectivity index (χ1v) is 8.46. The number of nitrogens with zero attached hydrogens (tertiary/aromatic N) is 2. The summed E-state index contributed by atoms with van der Waals surface area (Å²) < 4.78 is 27.3. The zero-order chi connectivity index (χ0) is 18.7. The molecule has 0 bridgehead atoms. The number of carbonyl (C=O) groups excluding carboxylic acids is 2. The minimum atomic E-state index is -0.881. The third-order valence-corrected chi connectivity index (χ3v) is 4.51. The highest BCUT2D eigenvalue weighted by Crippen LogP contribution is 2.20. The summed E-state index contributed by atoms with van der Waals surface area (Å²) >= 11 is 0. The molecule has 2 aromatic rings. The Bertz CT molecular complexity index is 813. The molecule has 0 spiro atoms. The second-order valence-corrected chi connectivity index (χ2v) is 6.46. The van der Waals surface area contributed by atoms with E-state index in [2.05, 4.69) is 17.2 Å². The molecule has 1 aliphatic heterocycles. The maximum absolute atomic E-state index is 13.7. The van der Waals surface area contributed by atoms with Gasteiger partial charge in [0.2, 0.25) is 0 Å². The largest absolute Gasteiger partial charge is 0.339 e. The van der Waals surface area contributed by atoms with Crippen LogP contribution in [0.15, 0.2) is 36.5 Å². The van der Waals surface area contributed by atoms with Crippen LogP contribution in [0.2, 0.25) is 0 Å². The molecule has 0 saturated carbocycles. The molecular formula is C19H19F2N3O2. The van der Waals surface area contributed by atoms with Gasteiger partial charge < -0.3 is 10.2 Å². The average Bonchev–Trinajstić information content (AvgIpc) is 2.65. The van der Waals surface area contributed by atoms with Gasteiger partial charge in [-0.2, -0.15) is 0 Å². The van der Waals surface area contributed by atoms with Crippen molar-refractivity contribution >= 4 is 17.5 Å². The Balaban J connectivity index is 1.76. The van der Waals surface area contributed by atoms with Gasteiger partial charge in [-0.1, -0.05) is 13.0 Å². The number of carbonyl (C=O) groups is 2. The molecule has 0 unspecified atom stereocenters. The molecule has 1 fully saturated rings. The molecule has 1 aliphatic rings. The Kier molecular flexibility index (Phi) is 5.25. The fourth-order valence-corrected chi connectivity index (χ4v) is 2.88. The van der Waals surface area contributed by atoms with Gasteiger partial charge in [0.05, 0.1) is 0 Å². The van der Waals surface area contributed by atoms with Gasteiger partial charge in [-0.3, -0.25) is 14.6 Å². The van der Waals surface area contributed by atoms with Crippen LogP contribution in [-0.4, -0.2) is 34.8 Å². The minimum absolute atomic E-state index is 0.0797. The number of hydrogen-bond acceptors (Lipinski definition) is 3. The lowest BCUT2D eigenvalue weighted by Gasteiger charge is -2.30. The van der Waals surface area contributed by atoms with E-state index in [1.807, 2.05) is 0 Å². The Morgan fingerprint density at radius 1 is 1.15 bits per heavy atom.